The van der Waals surface area contributed by atoms with Gasteiger partial charge in [-0.05, 0) is 44.6 Å². The molecule has 0 radical (unpaired) electrons. The van der Waals surface area contributed by atoms with Gasteiger partial charge < -0.3 is 20.3 Å². The van der Waals surface area contributed by atoms with E-state index < -0.39 is 0 Å². The summed E-state index contributed by atoms with van der Waals surface area (Å²) in [4.78, 5) is 11.3. The molecule has 0 saturated heterocycles. The highest BCUT2D eigenvalue weighted by atomic mass is 16.5. The average Bonchev–Trinajstić information content (AvgIpc) is 3.13. The van der Waals surface area contributed by atoms with Crippen molar-refractivity contribution in [2.75, 3.05) is 45.3 Å². The van der Waals surface area contributed by atoms with Crippen LogP contribution in [0, 0.1) is 5.41 Å². The van der Waals surface area contributed by atoms with Crippen LogP contribution in [-0.2, 0) is 11.3 Å². The first-order valence-corrected chi connectivity index (χ1v) is 10.3. The molecule has 1 fully saturated rings. The number of rotatable bonds is 10. The van der Waals surface area contributed by atoms with Gasteiger partial charge in [-0.25, -0.2) is 9.98 Å². The SMILES string of the molecule is CCNC(=NCc1cccnc1N(C)C)NCC1(CCOCC)CCCC1. The first-order chi connectivity index (χ1) is 13.1. The van der Waals surface area contributed by atoms with E-state index in [0.717, 1.165) is 50.1 Å². The number of ether oxygens (including phenoxy) is 1. The summed E-state index contributed by atoms with van der Waals surface area (Å²) in [6, 6.07) is 4.06. The molecule has 6 nitrogen and oxygen atoms in total. The van der Waals surface area contributed by atoms with Crippen molar-refractivity contribution in [3.05, 3.63) is 23.9 Å². The zero-order valence-corrected chi connectivity index (χ0v) is 17.6. The van der Waals surface area contributed by atoms with E-state index >= 15 is 0 Å². The van der Waals surface area contributed by atoms with Crippen LogP contribution in [0.15, 0.2) is 23.3 Å². The molecule has 1 aliphatic rings. The Morgan fingerprint density at radius 3 is 2.70 bits per heavy atom. The van der Waals surface area contributed by atoms with Crippen LogP contribution >= 0.6 is 0 Å². The molecule has 1 aromatic rings. The van der Waals surface area contributed by atoms with Gasteiger partial charge in [-0.3, -0.25) is 0 Å². The molecule has 6 heteroatoms. The predicted molar refractivity (Wildman–Crippen MR) is 113 cm³/mol. The Bertz CT molecular complexity index is 582. The first kappa shape index (κ1) is 21.5. The fourth-order valence-electron chi connectivity index (χ4n) is 3.81. The molecule has 2 rings (SSSR count). The lowest BCUT2D eigenvalue weighted by Crippen LogP contribution is -2.43. The normalized spacial score (nSPS) is 16.4. The standard InChI is InChI=1S/C21H37N5O/c1-5-22-20(24-16-18-10-9-14-23-19(18)26(3)4)25-17-21(11-7-8-12-21)13-15-27-6-2/h9-10,14H,5-8,11-13,15-17H2,1-4H3,(H2,22,24,25). The molecule has 1 saturated carbocycles. The minimum Gasteiger partial charge on any atom is -0.382 e. The van der Waals surface area contributed by atoms with Crippen LogP contribution in [0.1, 0.15) is 51.5 Å². The lowest BCUT2D eigenvalue weighted by Gasteiger charge is -2.30. The number of pyridine rings is 1. The Balaban J connectivity index is 2.00. The molecular formula is C21H37N5O. The Morgan fingerprint density at radius 2 is 2.04 bits per heavy atom. The summed E-state index contributed by atoms with van der Waals surface area (Å²) < 4.78 is 5.63. The number of hydrogen-bond donors (Lipinski definition) is 2. The maximum Gasteiger partial charge on any atom is 0.191 e. The summed E-state index contributed by atoms with van der Waals surface area (Å²) in [6.07, 6.45) is 8.15. The molecule has 0 aromatic carbocycles. The van der Waals surface area contributed by atoms with Gasteiger partial charge in [0.1, 0.15) is 5.82 Å². The number of nitrogens with one attached hydrogen (secondary N) is 2. The smallest absolute Gasteiger partial charge is 0.191 e. The fraction of sp³-hybridized carbons (Fsp3) is 0.714. The highest BCUT2D eigenvalue weighted by molar-refractivity contribution is 5.79. The summed E-state index contributed by atoms with van der Waals surface area (Å²) in [5.74, 6) is 1.86. The van der Waals surface area contributed by atoms with E-state index in [0.29, 0.717) is 12.0 Å². The fourth-order valence-corrected chi connectivity index (χ4v) is 3.81. The first-order valence-electron chi connectivity index (χ1n) is 10.3. The summed E-state index contributed by atoms with van der Waals surface area (Å²) in [6.45, 7) is 8.25. The van der Waals surface area contributed by atoms with Crippen molar-refractivity contribution in [1.82, 2.24) is 15.6 Å². The number of aliphatic imine (C=N–C) groups is 1. The van der Waals surface area contributed by atoms with E-state index in [4.69, 9.17) is 9.73 Å². The molecule has 152 valence electrons. The summed E-state index contributed by atoms with van der Waals surface area (Å²) in [5, 5.41) is 6.98. The second-order valence-corrected chi connectivity index (χ2v) is 7.58. The minimum atomic E-state index is 0.342. The molecule has 2 N–H and O–H groups in total. The van der Waals surface area contributed by atoms with Gasteiger partial charge in [0.05, 0.1) is 6.54 Å². The Hall–Kier alpha value is -1.82. The molecule has 0 bridgehead atoms. The van der Waals surface area contributed by atoms with Crippen LogP contribution in [0.5, 0.6) is 0 Å². The van der Waals surface area contributed by atoms with Crippen LogP contribution in [0.3, 0.4) is 0 Å². The monoisotopic (exact) mass is 375 g/mol. The maximum absolute atomic E-state index is 5.63. The number of guanidine groups is 1. The maximum atomic E-state index is 5.63. The minimum absolute atomic E-state index is 0.342. The molecule has 0 spiro atoms. The van der Waals surface area contributed by atoms with Crippen LogP contribution < -0.4 is 15.5 Å². The van der Waals surface area contributed by atoms with Crippen molar-refractivity contribution in [1.29, 1.82) is 0 Å². The molecule has 0 aliphatic heterocycles. The van der Waals surface area contributed by atoms with Crippen LogP contribution in [0.4, 0.5) is 5.82 Å². The predicted octanol–water partition coefficient (Wildman–Crippen LogP) is 3.19. The van der Waals surface area contributed by atoms with Gasteiger partial charge in [-0.15, -0.1) is 0 Å². The second-order valence-electron chi connectivity index (χ2n) is 7.58. The van der Waals surface area contributed by atoms with Crippen molar-refractivity contribution in [3.8, 4) is 0 Å². The summed E-state index contributed by atoms with van der Waals surface area (Å²) in [5.41, 5.74) is 1.47. The second kappa shape index (κ2) is 11.1. The molecule has 0 amide bonds. The summed E-state index contributed by atoms with van der Waals surface area (Å²) in [7, 11) is 4.03. The van der Waals surface area contributed by atoms with Gasteiger partial charge >= 0.3 is 0 Å². The van der Waals surface area contributed by atoms with Crippen LogP contribution in [0.2, 0.25) is 0 Å². The zero-order chi connectivity index (χ0) is 19.5. The van der Waals surface area contributed by atoms with Gasteiger partial charge in [-0.1, -0.05) is 18.9 Å². The number of aromatic nitrogens is 1. The third-order valence-corrected chi connectivity index (χ3v) is 5.32. The van der Waals surface area contributed by atoms with E-state index in [1.54, 1.807) is 0 Å². The molecule has 1 aromatic heterocycles. The third-order valence-electron chi connectivity index (χ3n) is 5.32. The molecule has 27 heavy (non-hydrogen) atoms. The summed E-state index contributed by atoms with van der Waals surface area (Å²) >= 11 is 0. The number of anilines is 1. The van der Waals surface area contributed by atoms with Gasteiger partial charge in [0.25, 0.3) is 0 Å². The zero-order valence-electron chi connectivity index (χ0n) is 17.6. The van der Waals surface area contributed by atoms with E-state index in [-0.39, 0.29) is 0 Å². The van der Waals surface area contributed by atoms with E-state index in [1.807, 2.05) is 31.3 Å². The average molecular weight is 376 g/mol. The molecule has 1 heterocycles. The van der Waals surface area contributed by atoms with E-state index in [1.165, 1.54) is 25.7 Å². The van der Waals surface area contributed by atoms with Gasteiger partial charge in [0.15, 0.2) is 5.96 Å². The quantitative estimate of drug-likeness (QED) is 0.374. The molecule has 0 atom stereocenters. The highest BCUT2D eigenvalue weighted by Gasteiger charge is 2.33. The Kier molecular flexibility index (Phi) is 8.85. The third kappa shape index (κ3) is 6.69. The van der Waals surface area contributed by atoms with Crippen molar-refractivity contribution in [2.45, 2.75) is 52.5 Å². The van der Waals surface area contributed by atoms with Crippen LogP contribution in [0.25, 0.3) is 0 Å². The van der Waals surface area contributed by atoms with E-state index in [9.17, 15) is 0 Å². The molecular weight excluding hydrogens is 338 g/mol. The van der Waals surface area contributed by atoms with Crippen LogP contribution in [-0.4, -0.2) is 51.3 Å². The van der Waals surface area contributed by atoms with Crippen molar-refractivity contribution < 1.29 is 4.74 Å². The van der Waals surface area contributed by atoms with Gasteiger partial charge in [0, 0.05) is 52.2 Å². The van der Waals surface area contributed by atoms with Crippen molar-refractivity contribution in [2.24, 2.45) is 10.4 Å². The van der Waals surface area contributed by atoms with Crippen molar-refractivity contribution in [3.63, 3.8) is 0 Å². The topological polar surface area (TPSA) is 61.8 Å². The molecule has 1 aliphatic carbocycles. The molecule has 0 unspecified atom stereocenters. The lowest BCUT2D eigenvalue weighted by atomic mass is 9.83. The van der Waals surface area contributed by atoms with E-state index in [2.05, 4.69) is 35.5 Å². The largest absolute Gasteiger partial charge is 0.382 e. The lowest BCUT2D eigenvalue weighted by molar-refractivity contribution is 0.105. The Labute approximate surface area is 164 Å². The number of nitrogens with zero attached hydrogens (tertiary/aromatic N) is 3. The highest BCUT2D eigenvalue weighted by Crippen LogP contribution is 2.40. The van der Waals surface area contributed by atoms with Gasteiger partial charge in [0.2, 0.25) is 0 Å². The number of hydrogen-bond acceptors (Lipinski definition) is 4. The van der Waals surface area contributed by atoms with Gasteiger partial charge in [-0.2, -0.15) is 0 Å². The van der Waals surface area contributed by atoms with Crippen molar-refractivity contribution >= 4 is 11.8 Å². The Morgan fingerprint density at radius 1 is 1.26 bits per heavy atom.